The van der Waals surface area contributed by atoms with Gasteiger partial charge in [0.25, 0.3) is 0 Å². The summed E-state index contributed by atoms with van der Waals surface area (Å²) in [4.78, 5) is 0. The molecule has 1 aromatic carbocycles. The van der Waals surface area contributed by atoms with Gasteiger partial charge in [0.05, 0.1) is 8.07 Å². The molecule has 1 aromatic rings. The van der Waals surface area contributed by atoms with Gasteiger partial charge < -0.3 is 0 Å². The van der Waals surface area contributed by atoms with E-state index in [4.69, 9.17) is 11.6 Å². The van der Waals surface area contributed by atoms with Crippen molar-refractivity contribution in [2.24, 2.45) is 0 Å². The SMILES string of the molecule is CC[Si](CC)(CC)c1ccccc1Cl. The third-order valence-electron chi connectivity index (χ3n) is 3.48. The van der Waals surface area contributed by atoms with Crippen LogP contribution in [0.2, 0.25) is 23.2 Å². The monoisotopic (exact) mass is 226 g/mol. The van der Waals surface area contributed by atoms with Crippen molar-refractivity contribution >= 4 is 24.9 Å². The number of hydrogen-bond donors (Lipinski definition) is 0. The molecule has 0 nitrogen and oxygen atoms in total. The molecule has 0 aliphatic carbocycles. The van der Waals surface area contributed by atoms with Gasteiger partial charge in [-0.15, -0.1) is 0 Å². The second-order valence-electron chi connectivity index (χ2n) is 3.82. The zero-order chi connectivity index (χ0) is 10.6. The van der Waals surface area contributed by atoms with Gasteiger partial charge in [0.2, 0.25) is 0 Å². The van der Waals surface area contributed by atoms with E-state index in [1.54, 1.807) is 0 Å². The lowest BCUT2D eigenvalue weighted by Crippen LogP contribution is -2.46. The Morgan fingerprint density at radius 3 is 1.93 bits per heavy atom. The molecule has 0 aliphatic heterocycles. The molecule has 0 bridgehead atoms. The maximum Gasteiger partial charge on any atom is 0.0878 e. The summed E-state index contributed by atoms with van der Waals surface area (Å²) in [5, 5.41) is 2.43. The van der Waals surface area contributed by atoms with Crippen molar-refractivity contribution in [2.45, 2.75) is 38.9 Å². The van der Waals surface area contributed by atoms with E-state index in [2.05, 4.69) is 32.9 Å². The second-order valence-corrected chi connectivity index (χ2v) is 9.45. The fourth-order valence-electron chi connectivity index (χ4n) is 2.21. The zero-order valence-corrected chi connectivity index (χ0v) is 11.1. The van der Waals surface area contributed by atoms with Crippen molar-refractivity contribution in [1.82, 2.24) is 0 Å². The Balaban J connectivity index is 3.17. The third-order valence-corrected chi connectivity index (χ3v) is 9.60. The molecular formula is C12H19ClSi. The number of benzene rings is 1. The maximum absolute atomic E-state index is 6.28. The maximum atomic E-state index is 6.28. The molecule has 78 valence electrons. The second kappa shape index (κ2) is 4.99. The molecule has 0 aliphatic rings. The highest BCUT2D eigenvalue weighted by Gasteiger charge is 2.30. The molecular weight excluding hydrogens is 208 g/mol. The van der Waals surface area contributed by atoms with E-state index in [-0.39, 0.29) is 0 Å². The van der Waals surface area contributed by atoms with Gasteiger partial charge >= 0.3 is 0 Å². The molecule has 0 saturated carbocycles. The molecule has 0 unspecified atom stereocenters. The van der Waals surface area contributed by atoms with Crippen LogP contribution in [0.5, 0.6) is 0 Å². The first-order valence-electron chi connectivity index (χ1n) is 5.45. The average Bonchev–Trinajstić information content (AvgIpc) is 2.24. The van der Waals surface area contributed by atoms with Crippen molar-refractivity contribution in [1.29, 1.82) is 0 Å². The van der Waals surface area contributed by atoms with Crippen LogP contribution in [0.15, 0.2) is 24.3 Å². The lowest BCUT2D eigenvalue weighted by Gasteiger charge is -2.29. The highest BCUT2D eigenvalue weighted by Crippen LogP contribution is 2.23. The van der Waals surface area contributed by atoms with Crippen LogP contribution in [0.4, 0.5) is 0 Å². The Bertz CT molecular complexity index is 284. The quantitative estimate of drug-likeness (QED) is 0.680. The molecule has 0 atom stereocenters. The molecule has 0 N–H and O–H groups in total. The molecule has 0 heterocycles. The van der Waals surface area contributed by atoms with Crippen molar-refractivity contribution in [2.75, 3.05) is 0 Å². The van der Waals surface area contributed by atoms with E-state index in [1.165, 1.54) is 23.3 Å². The molecule has 0 saturated heterocycles. The van der Waals surface area contributed by atoms with E-state index in [0.717, 1.165) is 5.02 Å². The van der Waals surface area contributed by atoms with Gasteiger partial charge in [-0.2, -0.15) is 0 Å². The summed E-state index contributed by atoms with van der Waals surface area (Å²) in [6, 6.07) is 12.3. The normalized spacial score (nSPS) is 11.7. The predicted molar refractivity (Wildman–Crippen MR) is 68.3 cm³/mol. The molecule has 2 heteroatoms. The Kier molecular flexibility index (Phi) is 4.21. The van der Waals surface area contributed by atoms with E-state index in [9.17, 15) is 0 Å². The summed E-state index contributed by atoms with van der Waals surface area (Å²) in [7, 11) is -1.27. The summed E-state index contributed by atoms with van der Waals surface area (Å²) in [6.45, 7) is 6.92. The molecule has 0 aromatic heterocycles. The van der Waals surface area contributed by atoms with Crippen LogP contribution in [0.1, 0.15) is 20.8 Å². The van der Waals surface area contributed by atoms with Crippen LogP contribution in [0.25, 0.3) is 0 Å². The third kappa shape index (κ3) is 2.04. The van der Waals surface area contributed by atoms with Crippen LogP contribution in [0, 0.1) is 0 Å². The lowest BCUT2D eigenvalue weighted by molar-refractivity contribution is 1.19. The first-order valence-corrected chi connectivity index (χ1v) is 8.45. The lowest BCUT2D eigenvalue weighted by atomic mass is 10.4. The van der Waals surface area contributed by atoms with Gasteiger partial charge in [-0.05, 0) is 11.3 Å². The molecule has 0 spiro atoms. The molecule has 0 radical (unpaired) electrons. The van der Waals surface area contributed by atoms with Crippen molar-refractivity contribution < 1.29 is 0 Å². The van der Waals surface area contributed by atoms with E-state index in [1.807, 2.05) is 12.1 Å². The summed E-state index contributed by atoms with van der Waals surface area (Å²) in [5.74, 6) is 0. The number of hydrogen-bond acceptors (Lipinski definition) is 0. The van der Waals surface area contributed by atoms with Gasteiger partial charge in [0, 0.05) is 5.02 Å². The first kappa shape index (κ1) is 11.8. The fraction of sp³-hybridized carbons (Fsp3) is 0.500. The van der Waals surface area contributed by atoms with Crippen LogP contribution in [-0.4, -0.2) is 8.07 Å². The van der Waals surface area contributed by atoms with Gasteiger partial charge in [-0.25, -0.2) is 0 Å². The highest BCUT2D eigenvalue weighted by molar-refractivity contribution is 6.93. The van der Waals surface area contributed by atoms with Crippen LogP contribution < -0.4 is 5.19 Å². The standard InChI is InChI=1S/C12H19ClSi/c1-4-14(5-2,6-3)12-10-8-7-9-11(12)13/h7-10H,4-6H2,1-3H3. The molecule has 0 fully saturated rings. The predicted octanol–water partition coefficient (Wildman–Crippen LogP) is 4.06. The minimum atomic E-state index is -1.27. The van der Waals surface area contributed by atoms with Gasteiger partial charge in [-0.3, -0.25) is 0 Å². The Morgan fingerprint density at radius 1 is 1.00 bits per heavy atom. The Hall–Kier alpha value is -0.273. The topological polar surface area (TPSA) is 0 Å². The molecule has 1 rings (SSSR count). The Morgan fingerprint density at radius 2 is 1.50 bits per heavy atom. The van der Waals surface area contributed by atoms with Crippen molar-refractivity contribution in [3.05, 3.63) is 29.3 Å². The van der Waals surface area contributed by atoms with E-state index < -0.39 is 8.07 Å². The highest BCUT2D eigenvalue weighted by atomic mass is 35.5. The van der Waals surface area contributed by atoms with Gasteiger partial charge in [0.1, 0.15) is 0 Å². The van der Waals surface area contributed by atoms with E-state index >= 15 is 0 Å². The van der Waals surface area contributed by atoms with E-state index in [0.29, 0.717) is 0 Å². The van der Waals surface area contributed by atoms with Gasteiger partial charge in [-0.1, -0.05) is 68.7 Å². The zero-order valence-electron chi connectivity index (χ0n) is 9.31. The smallest absolute Gasteiger partial charge is 0.0845 e. The van der Waals surface area contributed by atoms with Crippen molar-refractivity contribution in [3.8, 4) is 0 Å². The fourth-order valence-corrected chi connectivity index (χ4v) is 6.63. The summed E-state index contributed by atoms with van der Waals surface area (Å²) in [6.07, 6.45) is 0. The number of rotatable bonds is 4. The Labute approximate surface area is 93.3 Å². The first-order chi connectivity index (χ1) is 6.70. The van der Waals surface area contributed by atoms with Crippen LogP contribution in [0.3, 0.4) is 0 Å². The minimum absolute atomic E-state index is 0.977. The summed E-state index contributed by atoms with van der Waals surface area (Å²) < 4.78 is 0. The average molecular weight is 227 g/mol. The molecule has 14 heavy (non-hydrogen) atoms. The summed E-state index contributed by atoms with van der Waals surface area (Å²) >= 11 is 6.28. The van der Waals surface area contributed by atoms with Gasteiger partial charge in [0.15, 0.2) is 0 Å². The number of halogens is 1. The summed E-state index contributed by atoms with van der Waals surface area (Å²) in [5.41, 5.74) is 0. The van der Waals surface area contributed by atoms with Crippen LogP contribution in [-0.2, 0) is 0 Å². The van der Waals surface area contributed by atoms with Crippen LogP contribution >= 0.6 is 11.6 Å². The minimum Gasteiger partial charge on any atom is -0.0845 e. The van der Waals surface area contributed by atoms with Crippen molar-refractivity contribution in [3.63, 3.8) is 0 Å². The molecule has 0 amide bonds. The largest absolute Gasteiger partial charge is 0.0878 e.